The Hall–Kier alpha value is -2.72. The van der Waals surface area contributed by atoms with Gasteiger partial charge in [-0.2, -0.15) is 0 Å². The van der Waals surface area contributed by atoms with Gasteiger partial charge in [0.15, 0.2) is 11.6 Å². The van der Waals surface area contributed by atoms with Crippen LogP contribution >= 0.6 is 11.3 Å². The van der Waals surface area contributed by atoms with Gasteiger partial charge in [0.1, 0.15) is 0 Å². The molecule has 4 aromatic rings. The van der Waals surface area contributed by atoms with Crippen molar-refractivity contribution in [3.8, 4) is 22.1 Å². The molecule has 0 saturated carbocycles. The molecule has 2 aromatic carbocycles. The van der Waals surface area contributed by atoms with E-state index in [9.17, 15) is 0 Å². The lowest BCUT2D eigenvalue weighted by Gasteiger charge is -2.10. The van der Waals surface area contributed by atoms with Gasteiger partial charge in [0.25, 0.3) is 0 Å². The zero-order valence-corrected chi connectivity index (χ0v) is 14.0. The highest BCUT2D eigenvalue weighted by Crippen LogP contribution is 2.27. The van der Waals surface area contributed by atoms with E-state index in [0.29, 0.717) is 0 Å². The Kier molecular flexibility index (Phi) is 4.21. The van der Waals surface area contributed by atoms with E-state index in [0.717, 1.165) is 35.1 Å². The van der Waals surface area contributed by atoms with Crippen molar-refractivity contribution in [2.45, 2.75) is 13.0 Å². The summed E-state index contributed by atoms with van der Waals surface area (Å²) >= 11 is 1.70. The van der Waals surface area contributed by atoms with Crippen molar-refractivity contribution < 1.29 is 0 Å². The molecule has 0 unspecified atom stereocenters. The molecule has 0 fully saturated rings. The third-order valence-corrected chi connectivity index (χ3v) is 4.86. The van der Waals surface area contributed by atoms with E-state index in [1.54, 1.807) is 11.3 Å². The number of benzene rings is 2. The minimum atomic E-state index is 0.856. The second-order valence-corrected chi connectivity index (χ2v) is 6.53. The first kappa shape index (κ1) is 14.8. The third kappa shape index (κ3) is 3.01. The van der Waals surface area contributed by atoms with Gasteiger partial charge in [-0.25, -0.2) is 0 Å². The summed E-state index contributed by atoms with van der Waals surface area (Å²) in [4.78, 5) is 1.15. The first-order chi connectivity index (χ1) is 11.9. The van der Waals surface area contributed by atoms with Crippen LogP contribution in [0.1, 0.15) is 5.56 Å². The molecule has 0 aliphatic rings. The molecule has 0 aliphatic heterocycles. The van der Waals surface area contributed by atoms with Crippen LogP contribution < -0.4 is 0 Å². The summed E-state index contributed by atoms with van der Waals surface area (Å²) in [5.74, 6) is 1.87. The minimum absolute atomic E-state index is 0.856. The quantitative estimate of drug-likeness (QED) is 0.520. The molecule has 0 atom stereocenters. The van der Waals surface area contributed by atoms with Crippen LogP contribution in [-0.2, 0) is 13.0 Å². The lowest BCUT2D eigenvalue weighted by molar-refractivity contribution is 0.708. The molecule has 3 nitrogen and oxygen atoms in total. The molecular weight excluding hydrogens is 314 g/mol. The van der Waals surface area contributed by atoms with Crippen molar-refractivity contribution >= 4 is 11.3 Å². The van der Waals surface area contributed by atoms with Gasteiger partial charge in [-0.1, -0.05) is 66.7 Å². The molecule has 0 saturated heterocycles. The SMILES string of the molecule is c1ccc(CCn2c(-c3ccccc3)nnc2-c2cccs2)cc1. The molecular formula is C20H17N3S. The highest BCUT2D eigenvalue weighted by atomic mass is 32.1. The van der Waals surface area contributed by atoms with Crippen LogP contribution in [0.25, 0.3) is 22.1 Å². The molecule has 0 spiro atoms. The summed E-state index contributed by atoms with van der Waals surface area (Å²) in [6.07, 6.45) is 0.955. The summed E-state index contributed by atoms with van der Waals surface area (Å²) in [5.41, 5.74) is 2.42. The first-order valence-corrected chi connectivity index (χ1v) is 8.86. The zero-order chi connectivity index (χ0) is 16.2. The Bertz CT molecular complexity index is 897. The largest absolute Gasteiger partial charge is 0.306 e. The van der Waals surface area contributed by atoms with E-state index in [4.69, 9.17) is 0 Å². The number of hydrogen-bond acceptors (Lipinski definition) is 3. The van der Waals surface area contributed by atoms with E-state index in [1.807, 2.05) is 18.2 Å². The van der Waals surface area contributed by atoms with E-state index in [-0.39, 0.29) is 0 Å². The first-order valence-electron chi connectivity index (χ1n) is 7.98. The maximum absolute atomic E-state index is 4.47. The maximum Gasteiger partial charge on any atom is 0.174 e. The predicted molar refractivity (Wildman–Crippen MR) is 98.9 cm³/mol. The average Bonchev–Trinajstić information content (AvgIpc) is 3.31. The fourth-order valence-electron chi connectivity index (χ4n) is 2.79. The highest BCUT2D eigenvalue weighted by Gasteiger charge is 2.15. The lowest BCUT2D eigenvalue weighted by Crippen LogP contribution is -2.05. The summed E-state index contributed by atoms with van der Waals surface area (Å²) < 4.78 is 2.23. The molecule has 0 radical (unpaired) electrons. The number of aromatic nitrogens is 3. The van der Waals surface area contributed by atoms with Crippen molar-refractivity contribution in [2.75, 3.05) is 0 Å². The van der Waals surface area contributed by atoms with Crippen LogP contribution in [0.15, 0.2) is 78.2 Å². The summed E-state index contributed by atoms with van der Waals surface area (Å²) in [5, 5.41) is 11.0. The van der Waals surface area contributed by atoms with Crippen LogP contribution in [0.4, 0.5) is 0 Å². The van der Waals surface area contributed by atoms with Gasteiger partial charge in [-0.3, -0.25) is 0 Å². The van der Waals surface area contributed by atoms with E-state index in [1.165, 1.54) is 5.56 Å². The Morgan fingerprint density at radius 1 is 0.750 bits per heavy atom. The van der Waals surface area contributed by atoms with E-state index in [2.05, 4.69) is 74.7 Å². The van der Waals surface area contributed by atoms with Gasteiger partial charge in [0, 0.05) is 12.1 Å². The Labute approximate surface area is 145 Å². The molecule has 2 heterocycles. The smallest absolute Gasteiger partial charge is 0.174 e. The zero-order valence-electron chi connectivity index (χ0n) is 13.2. The van der Waals surface area contributed by atoms with Crippen LogP contribution in [0.2, 0.25) is 0 Å². The normalized spacial score (nSPS) is 10.8. The van der Waals surface area contributed by atoms with Crippen LogP contribution in [-0.4, -0.2) is 14.8 Å². The van der Waals surface area contributed by atoms with Crippen molar-refractivity contribution in [2.24, 2.45) is 0 Å². The van der Waals surface area contributed by atoms with Crippen molar-refractivity contribution in [1.82, 2.24) is 14.8 Å². The van der Waals surface area contributed by atoms with E-state index >= 15 is 0 Å². The van der Waals surface area contributed by atoms with Crippen molar-refractivity contribution in [1.29, 1.82) is 0 Å². The van der Waals surface area contributed by atoms with Gasteiger partial charge in [0.2, 0.25) is 0 Å². The van der Waals surface area contributed by atoms with E-state index < -0.39 is 0 Å². The summed E-state index contributed by atoms with van der Waals surface area (Å²) in [7, 11) is 0. The van der Waals surface area contributed by atoms with Gasteiger partial charge in [-0.05, 0) is 23.4 Å². The maximum atomic E-state index is 4.47. The van der Waals surface area contributed by atoms with Crippen molar-refractivity contribution in [3.63, 3.8) is 0 Å². The minimum Gasteiger partial charge on any atom is -0.306 e. The number of nitrogens with zero attached hydrogens (tertiary/aromatic N) is 3. The monoisotopic (exact) mass is 331 g/mol. The fourth-order valence-corrected chi connectivity index (χ4v) is 3.51. The Morgan fingerprint density at radius 3 is 2.17 bits per heavy atom. The fraction of sp³-hybridized carbons (Fsp3) is 0.100. The highest BCUT2D eigenvalue weighted by molar-refractivity contribution is 7.13. The van der Waals surface area contributed by atoms with Gasteiger partial charge in [-0.15, -0.1) is 21.5 Å². The van der Waals surface area contributed by atoms with Gasteiger partial charge < -0.3 is 4.57 Å². The molecule has 24 heavy (non-hydrogen) atoms. The topological polar surface area (TPSA) is 30.7 Å². The molecule has 0 bridgehead atoms. The number of hydrogen-bond donors (Lipinski definition) is 0. The Balaban J connectivity index is 1.72. The summed E-state index contributed by atoms with van der Waals surface area (Å²) in [6.45, 7) is 0.856. The molecule has 0 aliphatic carbocycles. The Morgan fingerprint density at radius 2 is 1.46 bits per heavy atom. The average molecular weight is 331 g/mol. The molecule has 0 amide bonds. The van der Waals surface area contributed by atoms with Crippen LogP contribution in [0.3, 0.4) is 0 Å². The molecule has 0 N–H and O–H groups in total. The van der Waals surface area contributed by atoms with Crippen molar-refractivity contribution in [3.05, 3.63) is 83.7 Å². The van der Waals surface area contributed by atoms with Crippen LogP contribution in [0, 0.1) is 0 Å². The molecule has 2 aromatic heterocycles. The third-order valence-electron chi connectivity index (χ3n) is 3.99. The summed E-state index contributed by atoms with van der Waals surface area (Å²) in [6, 6.07) is 25.0. The molecule has 118 valence electrons. The number of thiophene rings is 1. The second kappa shape index (κ2) is 6.81. The standard InChI is InChI=1S/C20H17N3S/c1-3-8-16(9-4-1)13-14-23-19(17-10-5-2-6-11-17)21-22-20(23)18-12-7-15-24-18/h1-12,15H,13-14H2. The predicted octanol–water partition coefficient (Wildman–Crippen LogP) is 4.92. The van der Waals surface area contributed by atoms with Gasteiger partial charge >= 0.3 is 0 Å². The number of rotatable bonds is 5. The molecule has 4 heteroatoms. The van der Waals surface area contributed by atoms with Gasteiger partial charge in [0.05, 0.1) is 4.88 Å². The van der Waals surface area contributed by atoms with Crippen LogP contribution in [0.5, 0.6) is 0 Å². The molecule has 4 rings (SSSR count). The second-order valence-electron chi connectivity index (χ2n) is 5.58. The lowest BCUT2D eigenvalue weighted by atomic mass is 10.1. The number of aryl methyl sites for hydroxylation is 1.